The Balaban J connectivity index is 3.25. The molecule has 0 spiro atoms. The zero-order valence-corrected chi connectivity index (χ0v) is 12.5. The molecule has 1 aromatic rings. The highest BCUT2D eigenvalue weighted by Crippen LogP contribution is 2.33. The summed E-state index contributed by atoms with van der Waals surface area (Å²) in [6.07, 6.45) is 0. The Kier molecular flexibility index (Phi) is 5.55. The fourth-order valence-electron chi connectivity index (χ4n) is 2.48. The quantitative estimate of drug-likeness (QED) is 0.855. The van der Waals surface area contributed by atoms with Gasteiger partial charge in [-0.05, 0) is 38.8 Å². The Morgan fingerprint density at radius 1 is 1.26 bits per heavy atom. The number of rotatable bonds is 6. The van der Waals surface area contributed by atoms with Gasteiger partial charge in [0.1, 0.15) is 0 Å². The minimum absolute atomic E-state index is 0.1000. The van der Waals surface area contributed by atoms with Crippen LogP contribution in [-0.2, 0) is 10.2 Å². The van der Waals surface area contributed by atoms with Gasteiger partial charge in [0.25, 0.3) is 0 Å². The van der Waals surface area contributed by atoms with Crippen molar-refractivity contribution in [1.29, 1.82) is 0 Å². The van der Waals surface area contributed by atoms with Crippen molar-refractivity contribution in [2.24, 2.45) is 11.7 Å². The maximum atomic E-state index is 12.9. The van der Waals surface area contributed by atoms with E-state index in [0.717, 1.165) is 18.7 Å². The molecule has 0 radical (unpaired) electrons. The van der Waals surface area contributed by atoms with Crippen molar-refractivity contribution in [2.45, 2.75) is 33.1 Å². The van der Waals surface area contributed by atoms with Gasteiger partial charge in [-0.25, -0.2) is 0 Å². The van der Waals surface area contributed by atoms with E-state index in [0.29, 0.717) is 6.54 Å². The fraction of sp³-hybridized carbons (Fsp3) is 0.562. The molecular formula is C16H26N2O. The third kappa shape index (κ3) is 2.98. The predicted molar refractivity (Wildman–Crippen MR) is 79.9 cm³/mol. The van der Waals surface area contributed by atoms with Gasteiger partial charge in [-0.3, -0.25) is 4.79 Å². The molecule has 19 heavy (non-hydrogen) atoms. The van der Waals surface area contributed by atoms with Crippen LogP contribution >= 0.6 is 0 Å². The molecule has 106 valence electrons. The van der Waals surface area contributed by atoms with Gasteiger partial charge >= 0.3 is 0 Å². The van der Waals surface area contributed by atoms with Crippen molar-refractivity contribution in [2.75, 3.05) is 19.6 Å². The van der Waals surface area contributed by atoms with Crippen LogP contribution in [-0.4, -0.2) is 30.4 Å². The first-order chi connectivity index (χ1) is 9.02. The van der Waals surface area contributed by atoms with Gasteiger partial charge in [0.2, 0.25) is 5.91 Å². The Hall–Kier alpha value is -1.35. The summed E-state index contributed by atoms with van der Waals surface area (Å²) in [6.45, 7) is 10.1. The van der Waals surface area contributed by atoms with Gasteiger partial charge in [0, 0.05) is 13.1 Å². The second kappa shape index (κ2) is 6.71. The lowest BCUT2D eigenvalue weighted by Crippen LogP contribution is -2.50. The van der Waals surface area contributed by atoms with E-state index in [4.69, 9.17) is 5.73 Å². The first kappa shape index (κ1) is 15.7. The first-order valence-electron chi connectivity index (χ1n) is 7.07. The summed E-state index contributed by atoms with van der Waals surface area (Å²) >= 11 is 0. The lowest BCUT2D eigenvalue weighted by Gasteiger charge is -2.38. The maximum absolute atomic E-state index is 12.9. The normalized spacial score (nSPS) is 15.6. The average Bonchev–Trinajstić information content (AvgIpc) is 2.47. The van der Waals surface area contributed by atoms with Crippen molar-refractivity contribution in [3.8, 4) is 0 Å². The zero-order chi connectivity index (χ0) is 14.5. The number of nitrogens with zero attached hydrogens (tertiary/aromatic N) is 1. The molecular weight excluding hydrogens is 236 g/mol. The highest BCUT2D eigenvalue weighted by atomic mass is 16.2. The number of nitrogens with two attached hydrogens (primary N) is 1. The van der Waals surface area contributed by atoms with Crippen LogP contribution in [0.25, 0.3) is 0 Å². The number of benzene rings is 1. The molecule has 1 amide bonds. The van der Waals surface area contributed by atoms with E-state index < -0.39 is 5.41 Å². The molecule has 0 aromatic heterocycles. The van der Waals surface area contributed by atoms with Crippen molar-refractivity contribution in [3.63, 3.8) is 0 Å². The molecule has 3 nitrogen and oxygen atoms in total. The molecule has 0 aliphatic rings. The SMILES string of the molecule is CCN(CC)C(=O)C(C)(c1ccccc1)C(C)CN. The van der Waals surface area contributed by atoms with Crippen LogP contribution in [0.2, 0.25) is 0 Å². The highest BCUT2D eigenvalue weighted by molar-refractivity contribution is 5.88. The van der Waals surface area contributed by atoms with E-state index in [-0.39, 0.29) is 11.8 Å². The smallest absolute Gasteiger partial charge is 0.233 e. The third-order valence-corrected chi connectivity index (χ3v) is 4.21. The second-order valence-corrected chi connectivity index (χ2v) is 5.18. The summed E-state index contributed by atoms with van der Waals surface area (Å²) in [6, 6.07) is 9.97. The maximum Gasteiger partial charge on any atom is 0.233 e. The lowest BCUT2D eigenvalue weighted by atomic mass is 9.71. The van der Waals surface area contributed by atoms with Gasteiger partial charge < -0.3 is 10.6 Å². The molecule has 0 saturated heterocycles. The number of carbonyl (C=O) groups is 1. The lowest BCUT2D eigenvalue weighted by molar-refractivity contribution is -0.138. The monoisotopic (exact) mass is 262 g/mol. The molecule has 2 atom stereocenters. The average molecular weight is 262 g/mol. The Morgan fingerprint density at radius 3 is 2.21 bits per heavy atom. The Bertz CT molecular complexity index is 400. The van der Waals surface area contributed by atoms with Crippen molar-refractivity contribution >= 4 is 5.91 Å². The van der Waals surface area contributed by atoms with Gasteiger partial charge in [-0.1, -0.05) is 37.3 Å². The molecule has 2 unspecified atom stereocenters. The summed E-state index contributed by atoms with van der Waals surface area (Å²) in [5, 5.41) is 0. The number of hydrogen-bond acceptors (Lipinski definition) is 2. The minimum atomic E-state index is -0.554. The number of carbonyl (C=O) groups excluding carboxylic acids is 1. The molecule has 0 bridgehead atoms. The fourth-order valence-corrected chi connectivity index (χ4v) is 2.48. The molecule has 3 heteroatoms. The van der Waals surface area contributed by atoms with E-state index in [9.17, 15) is 4.79 Å². The third-order valence-electron chi connectivity index (χ3n) is 4.21. The Labute approximate surface area is 116 Å². The Morgan fingerprint density at radius 2 is 1.79 bits per heavy atom. The summed E-state index contributed by atoms with van der Waals surface area (Å²) in [5.74, 6) is 0.268. The van der Waals surface area contributed by atoms with Gasteiger partial charge in [-0.2, -0.15) is 0 Å². The van der Waals surface area contributed by atoms with Crippen molar-refractivity contribution in [1.82, 2.24) is 4.90 Å². The van der Waals surface area contributed by atoms with Crippen LogP contribution in [0.5, 0.6) is 0 Å². The van der Waals surface area contributed by atoms with Gasteiger partial charge in [0.15, 0.2) is 0 Å². The van der Waals surface area contributed by atoms with Gasteiger partial charge in [0.05, 0.1) is 5.41 Å². The summed E-state index contributed by atoms with van der Waals surface area (Å²) in [7, 11) is 0. The summed E-state index contributed by atoms with van der Waals surface area (Å²) in [5.41, 5.74) is 6.34. The van der Waals surface area contributed by atoms with Crippen LogP contribution < -0.4 is 5.73 Å². The molecule has 1 rings (SSSR count). The van der Waals surface area contributed by atoms with Crippen LogP contribution in [0.3, 0.4) is 0 Å². The molecule has 1 aromatic carbocycles. The summed E-state index contributed by atoms with van der Waals surface area (Å²) in [4.78, 5) is 14.8. The van der Waals surface area contributed by atoms with Crippen LogP contribution in [0, 0.1) is 5.92 Å². The number of likely N-dealkylation sites (N-methyl/N-ethyl adjacent to an activating group) is 1. The molecule has 0 fully saturated rings. The minimum Gasteiger partial charge on any atom is -0.342 e. The first-order valence-corrected chi connectivity index (χ1v) is 7.07. The predicted octanol–water partition coefficient (Wildman–Crippen LogP) is 2.41. The van der Waals surface area contributed by atoms with E-state index in [1.165, 1.54) is 0 Å². The van der Waals surface area contributed by atoms with E-state index >= 15 is 0 Å². The zero-order valence-electron chi connectivity index (χ0n) is 12.5. The van der Waals surface area contributed by atoms with Crippen LogP contribution in [0.4, 0.5) is 0 Å². The molecule has 0 aliphatic carbocycles. The van der Waals surface area contributed by atoms with E-state index in [1.807, 2.05) is 56.0 Å². The van der Waals surface area contributed by atoms with Gasteiger partial charge in [-0.15, -0.1) is 0 Å². The molecule has 2 N–H and O–H groups in total. The van der Waals surface area contributed by atoms with Crippen LogP contribution in [0.1, 0.15) is 33.3 Å². The molecule has 0 saturated carbocycles. The number of hydrogen-bond donors (Lipinski definition) is 1. The van der Waals surface area contributed by atoms with Crippen molar-refractivity contribution in [3.05, 3.63) is 35.9 Å². The highest BCUT2D eigenvalue weighted by Gasteiger charge is 2.41. The number of amides is 1. The molecule has 0 aliphatic heterocycles. The van der Waals surface area contributed by atoms with E-state index in [2.05, 4.69) is 6.92 Å². The topological polar surface area (TPSA) is 46.3 Å². The van der Waals surface area contributed by atoms with E-state index in [1.54, 1.807) is 0 Å². The largest absolute Gasteiger partial charge is 0.342 e. The second-order valence-electron chi connectivity index (χ2n) is 5.18. The van der Waals surface area contributed by atoms with Crippen LogP contribution in [0.15, 0.2) is 30.3 Å². The standard InChI is InChI=1S/C16H26N2O/c1-5-18(6-2)15(19)16(4,13(3)12-17)14-10-8-7-9-11-14/h7-11,13H,5-6,12,17H2,1-4H3. The summed E-state index contributed by atoms with van der Waals surface area (Å²) < 4.78 is 0. The molecule has 0 heterocycles. The van der Waals surface area contributed by atoms with Crippen molar-refractivity contribution < 1.29 is 4.79 Å².